The minimum Gasteiger partial charge on any atom is -0.342 e. The first-order valence-electron chi connectivity index (χ1n) is 13.5. The standard InChI is InChI=1S/C28H41N3O2/c32-27(24-7-4-8-24)31-19-13-26(14-20-31)29-17-11-25(12-18-29)28(33)30-15-9-23(10-16-30)21-22-5-2-1-3-6-22/h1-3,5-6,23-26H,4,7-21H2. The average molecular weight is 452 g/mol. The highest BCUT2D eigenvalue weighted by Crippen LogP contribution is 2.31. The van der Waals surface area contributed by atoms with Crippen LogP contribution in [0.4, 0.5) is 0 Å². The van der Waals surface area contributed by atoms with Crippen LogP contribution in [0, 0.1) is 17.8 Å². The van der Waals surface area contributed by atoms with Crippen molar-refractivity contribution in [3.8, 4) is 0 Å². The van der Waals surface area contributed by atoms with E-state index in [4.69, 9.17) is 0 Å². The molecule has 4 fully saturated rings. The van der Waals surface area contributed by atoms with Gasteiger partial charge in [-0.05, 0) is 82.4 Å². The molecule has 1 saturated carbocycles. The minimum absolute atomic E-state index is 0.215. The number of amides is 2. The van der Waals surface area contributed by atoms with Crippen molar-refractivity contribution < 1.29 is 9.59 Å². The molecule has 33 heavy (non-hydrogen) atoms. The van der Waals surface area contributed by atoms with Crippen molar-refractivity contribution in [3.05, 3.63) is 35.9 Å². The molecule has 3 aliphatic heterocycles. The van der Waals surface area contributed by atoms with Crippen LogP contribution in [-0.2, 0) is 16.0 Å². The Bertz CT molecular complexity index is 785. The molecule has 0 bridgehead atoms. The Labute approximate surface area is 199 Å². The molecular weight excluding hydrogens is 410 g/mol. The fraction of sp³-hybridized carbons (Fsp3) is 0.714. The van der Waals surface area contributed by atoms with Crippen LogP contribution < -0.4 is 0 Å². The van der Waals surface area contributed by atoms with E-state index in [0.717, 1.165) is 97.1 Å². The average Bonchev–Trinajstić information content (AvgIpc) is 2.84. The van der Waals surface area contributed by atoms with Crippen molar-refractivity contribution in [1.82, 2.24) is 14.7 Å². The van der Waals surface area contributed by atoms with Crippen LogP contribution in [0.15, 0.2) is 30.3 Å². The van der Waals surface area contributed by atoms with E-state index in [-0.39, 0.29) is 5.92 Å². The zero-order valence-electron chi connectivity index (χ0n) is 20.2. The van der Waals surface area contributed by atoms with E-state index in [1.165, 1.54) is 12.0 Å². The van der Waals surface area contributed by atoms with E-state index in [9.17, 15) is 9.59 Å². The Hall–Kier alpha value is -1.88. The molecule has 0 N–H and O–H groups in total. The molecule has 5 nitrogen and oxygen atoms in total. The van der Waals surface area contributed by atoms with E-state index < -0.39 is 0 Å². The number of piperidine rings is 3. The molecule has 2 amide bonds. The summed E-state index contributed by atoms with van der Waals surface area (Å²) in [5, 5.41) is 0. The Balaban J connectivity index is 1.02. The molecule has 3 saturated heterocycles. The summed E-state index contributed by atoms with van der Waals surface area (Å²) in [6, 6.07) is 11.4. The fourth-order valence-electron chi connectivity index (χ4n) is 6.44. The third-order valence-electron chi connectivity index (χ3n) is 8.92. The lowest BCUT2D eigenvalue weighted by molar-refractivity contribution is -0.141. The summed E-state index contributed by atoms with van der Waals surface area (Å²) in [6.45, 7) is 5.81. The Morgan fingerprint density at radius 2 is 1.21 bits per heavy atom. The van der Waals surface area contributed by atoms with Crippen molar-refractivity contribution in [2.24, 2.45) is 17.8 Å². The first-order valence-corrected chi connectivity index (χ1v) is 13.5. The predicted octanol–water partition coefficient (Wildman–Crippen LogP) is 3.97. The summed E-state index contributed by atoms with van der Waals surface area (Å²) in [5.74, 6) is 2.07. The number of likely N-dealkylation sites (tertiary alicyclic amines) is 3. The van der Waals surface area contributed by atoms with E-state index in [0.29, 0.717) is 29.7 Å². The van der Waals surface area contributed by atoms with Crippen LogP contribution in [0.1, 0.15) is 63.4 Å². The molecule has 0 radical (unpaired) electrons. The van der Waals surface area contributed by atoms with E-state index >= 15 is 0 Å². The maximum Gasteiger partial charge on any atom is 0.225 e. The topological polar surface area (TPSA) is 43.9 Å². The van der Waals surface area contributed by atoms with Crippen LogP contribution >= 0.6 is 0 Å². The molecule has 0 unspecified atom stereocenters. The molecule has 5 heteroatoms. The van der Waals surface area contributed by atoms with E-state index in [1.54, 1.807) is 0 Å². The maximum absolute atomic E-state index is 13.2. The maximum atomic E-state index is 13.2. The second-order valence-corrected chi connectivity index (χ2v) is 11.0. The molecule has 0 atom stereocenters. The highest BCUT2D eigenvalue weighted by molar-refractivity contribution is 5.80. The van der Waals surface area contributed by atoms with Gasteiger partial charge in [0.05, 0.1) is 0 Å². The quantitative estimate of drug-likeness (QED) is 0.680. The predicted molar refractivity (Wildman–Crippen MR) is 131 cm³/mol. The molecule has 1 aliphatic carbocycles. The summed E-state index contributed by atoms with van der Waals surface area (Å²) in [4.78, 5) is 32.6. The van der Waals surface area contributed by atoms with Crippen LogP contribution in [0.25, 0.3) is 0 Å². The van der Waals surface area contributed by atoms with Gasteiger partial charge in [0.25, 0.3) is 0 Å². The first-order chi connectivity index (χ1) is 16.2. The molecule has 1 aromatic carbocycles. The van der Waals surface area contributed by atoms with Gasteiger partial charge in [0.15, 0.2) is 0 Å². The molecule has 5 rings (SSSR count). The number of carbonyl (C=O) groups excluding carboxylic acids is 2. The normalized spacial score (nSPS) is 24.6. The molecule has 0 spiro atoms. The van der Waals surface area contributed by atoms with Gasteiger partial charge in [-0.25, -0.2) is 0 Å². The lowest BCUT2D eigenvalue weighted by atomic mass is 9.83. The van der Waals surface area contributed by atoms with E-state index in [2.05, 4.69) is 45.0 Å². The van der Waals surface area contributed by atoms with Gasteiger partial charge in [0, 0.05) is 44.1 Å². The van der Waals surface area contributed by atoms with Gasteiger partial charge in [0.2, 0.25) is 11.8 Å². The zero-order valence-corrected chi connectivity index (χ0v) is 20.2. The van der Waals surface area contributed by atoms with Crippen molar-refractivity contribution in [2.45, 2.75) is 70.3 Å². The second-order valence-electron chi connectivity index (χ2n) is 11.0. The molecule has 1 aromatic rings. The Kier molecular flexibility index (Phi) is 7.34. The summed E-state index contributed by atoms with van der Waals surface area (Å²) in [7, 11) is 0. The van der Waals surface area contributed by atoms with Gasteiger partial charge < -0.3 is 14.7 Å². The van der Waals surface area contributed by atoms with Gasteiger partial charge in [0.1, 0.15) is 0 Å². The number of carbonyl (C=O) groups is 2. The summed E-state index contributed by atoms with van der Waals surface area (Å²) in [6.07, 6.45) is 11.1. The van der Waals surface area contributed by atoms with Crippen LogP contribution in [0.2, 0.25) is 0 Å². The highest BCUT2D eigenvalue weighted by atomic mass is 16.2. The Morgan fingerprint density at radius 1 is 0.667 bits per heavy atom. The Morgan fingerprint density at radius 3 is 1.76 bits per heavy atom. The summed E-state index contributed by atoms with van der Waals surface area (Å²) >= 11 is 0. The fourth-order valence-corrected chi connectivity index (χ4v) is 6.44. The van der Waals surface area contributed by atoms with Gasteiger partial charge in [-0.1, -0.05) is 36.8 Å². The van der Waals surface area contributed by atoms with E-state index in [1.807, 2.05) is 0 Å². The smallest absolute Gasteiger partial charge is 0.225 e. The second kappa shape index (κ2) is 10.6. The van der Waals surface area contributed by atoms with Gasteiger partial charge in [-0.15, -0.1) is 0 Å². The van der Waals surface area contributed by atoms with Crippen molar-refractivity contribution in [3.63, 3.8) is 0 Å². The highest BCUT2D eigenvalue weighted by Gasteiger charge is 2.36. The van der Waals surface area contributed by atoms with Crippen LogP contribution in [-0.4, -0.2) is 71.8 Å². The van der Waals surface area contributed by atoms with Crippen LogP contribution in [0.5, 0.6) is 0 Å². The molecule has 180 valence electrons. The molecular formula is C28H41N3O2. The minimum atomic E-state index is 0.215. The number of benzene rings is 1. The SMILES string of the molecule is O=C(C1CCN(C2CCN(C(=O)C3CCC3)CC2)CC1)N1CCC(Cc2ccccc2)CC1. The zero-order chi connectivity index (χ0) is 22.6. The van der Waals surface area contributed by atoms with Gasteiger partial charge in [-0.2, -0.15) is 0 Å². The van der Waals surface area contributed by atoms with Crippen molar-refractivity contribution in [2.75, 3.05) is 39.3 Å². The van der Waals surface area contributed by atoms with Gasteiger partial charge >= 0.3 is 0 Å². The van der Waals surface area contributed by atoms with Crippen molar-refractivity contribution in [1.29, 1.82) is 0 Å². The number of hydrogen-bond donors (Lipinski definition) is 0. The number of nitrogens with zero attached hydrogens (tertiary/aromatic N) is 3. The third kappa shape index (κ3) is 5.45. The molecule has 0 aromatic heterocycles. The summed E-state index contributed by atoms with van der Waals surface area (Å²) < 4.78 is 0. The lowest BCUT2D eigenvalue weighted by Gasteiger charge is -2.43. The molecule has 3 heterocycles. The summed E-state index contributed by atoms with van der Waals surface area (Å²) in [5.41, 5.74) is 1.42. The number of hydrogen-bond acceptors (Lipinski definition) is 3. The first kappa shape index (κ1) is 22.9. The monoisotopic (exact) mass is 451 g/mol. The van der Waals surface area contributed by atoms with Crippen molar-refractivity contribution >= 4 is 11.8 Å². The number of rotatable bonds is 5. The molecule has 4 aliphatic rings. The lowest BCUT2D eigenvalue weighted by Crippen LogP contribution is -2.52. The largest absolute Gasteiger partial charge is 0.342 e. The van der Waals surface area contributed by atoms with Gasteiger partial charge in [-0.3, -0.25) is 9.59 Å². The van der Waals surface area contributed by atoms with Crippen LogP contribution in [0.3, 0.4) is 0 Å². The third-order valence-corrected chi connectivity index (χ3v) is 8.92.